The van der Waals surface area contributed by atoms with E-state index in [4.69, 9.17) is 11.6 Å². The topological polar surface area (TPSA) is 29.9 Å². The molecular weight excluding hydrogens is 198 g/mol. The summed E-state index contributed by atoms with van der Waals surface area (Å²) >= 11 is 5.89. The first-order valence-corrected chi connectivity index (χ1v) is 5.53. The maximum atomic E-state index is 5.89. The standard InChI is InChI=1S/C10H16ClN3/c1-14-10(3-5-13-14)2-4-12-9-6-8(11)7-9/h3,5,8-9,12H,2,4,6-7H2,1H3. The number of aryl methyl sites for hydroxylation is 1. The van der Waals surface area contributed by atoms with Gasteiger partial charge in [0, 0.05) is 43.3 Å². The molecule has 1 aromatic heterocycles. The Hall–Kier alpha value is -0.540. The van der Waals surface area contributed by atoms with Gasteiger partial charge in [-0.15, -0.1) is 11.6 Å². The molecule has 0 aromatic carbocycles. The van der Waals surface area contributed by atoms with E-state index < -0.39 is 0 Å². The Morgan fingerprint density at radius 3 is 3.00 bits per heavy atom. The highest BCUT2D eigenvalue weighted by atomic mass is 35.5. The van der Waals surface area contributed by atoms with Crippen LogP contribution in [-0.2, 0) is 13.5 Å². The molecule has 0 amide bonds. The van der Waals surface area contributed by atoms with Crippen molar-refractivity contribution in [2.24, 2.45) is 7.05 Å². The molecule has 0 atom stereocenters. The molecule has 0 aliphatic heterocycles. The Morgan fingerprint density at radius 2 is 2.43 bits per heavy atom. The van der Waals surface area contributed by atoms with Gasteiger partial charge in [0.15, 0.2) is 0 Å². The minimum absolute atomic E-state index is 0.407. The predicted octanol–water partition coefficient (Wildman–Crippen LogP) is 1.32. The van der Waals surface area contributed by atoms with Gasteiger partial charge in [0.2, 0.25) is 0 Å². The van der Waals surface area contributed by atoms with Gasteiger partial charge in [-0.1, -0.05) is 0 Å². The zero-order valence-electron chi connectivity index (χ0n) is 8.41. The summed E-state index contributed by atoms with van der Waals surface area (Å²) in [7, 11) is 1.98. The van der Waals surface area contributed by atoms with Crippen molar-refractivity contribution in [3.05, 3.63) is 18.0 Å². The lowest BCUT2D eigenvalue weighted by Crippen LogP contribution is -2.42. The summed E-state index contributed by atoms with van der Waals surface area (Å²) in [6.07, 6.45) is 5.12. The van der Waals surface area contributed by atoms with Crippen molar-refractivity contribution < 1.29 is 0 Å². The summed E-state index contributed by atoms with van der Waals surface area (Å²) in [6, 6.07) is 2.71. The van der Waals surface area contributed by atoms with Crippen molar-refractivity contribution in [1.82, 2.24) is 15.1 Å². The van der Waals surface area contributed by atoms with Gasteiger partial charge in [0.05, 0.1) is 0 Å². The molecular formula is C10H16ClN3. The average molecular weight is 214 g/mol. The molecule has 0 bridgehead atoms. The van der Waals surface area contributed by atoms with Gasteiger partial charge >= 0.3 is 0 Å². The Bertz CT molecular complexity index is 291. The predicted molar refractivity (Wildman–Crippen MR) is 57.6 cm³/mol. The fourth-order valence-electron chi connectivity index (χ4n) is 1.77. The monoisotopic (exact) mass is 213 g/mol. The first-order valence-electron chi connectivity index (χ1n) is 5.10. The van der Waals surface area contributed by atoms with Crippen LogP contribution in [0, 0.1) is 0 Å². The third-order valence-electron chi connectivity index (χ3n) is 2.82. The van der Waals surface area contributed by atoms with Crippen LogP contribution in [0.3, 0.4) is 0 Å². The van der Waals surface area contributed by atoms with Gasteiger partial charge in [-0.2, -0.15) is 5.10 Å². The highest BCUT2D eigenvalue weighted by molar-refractivity contribution is 6.21. The number of rotatable bonds is 4. The van der Waals surface area contributed by atoms with Gasteiger partial charge < -0.3 is 5.32 Å². The number of hydrogen-bond acceptors (Lipinski definition) is 2. The summed E-state index contributed by atoms with van der Waals surface area (Å²) in [5.41, 5.74) is 1.28. The van der Waals surface area contributed by atoms with Crippen molar-refractivity contribution in [3.8, 4) is 0 Å². The summed E-state index contributed by atoms with van der Waals surface area (Å²) < 4.78 is 1.92. The lowest BCUT2D eigenvalue weighted by atomic mass is 9.92. The summed E-state index contributed by atoms with van der Waals surface area (Å²) in [5, 5.41) is 8.02. The highest BCUT2D eigenvalue weighted by Crippen LogP contribution is 2.24. The molecule has 4 heteroatoms. The number of alkyl halides is 1. The summed E-state index contributed by atoms with van der Waals surface area (Å²) in [5.74, 6) is 0. The number of nitrogens with zero attached hydrogens (tertiary/aromatic N) is 2. The number of hydrogen-bond donors (Lipinski definition) is 1. The quantitative estimate of drug-likeness (QED) is 0.765. The summed E-state index contributed by atoms with van der Waals surface area (Å²) in [6.45, 7) is 1.02. The van der Waals surface area contributed by atoms with Gasteiger partial charge in [0.25, 0.3) is 0 Å². The molecule has 1 aliphatic rings. The minimum atomic E-state index is 0.407. The molecule has 0 unspecified atom stereocenters. The molecule has 1 fully saturated rings. The van der Waals surface area contributed by atoms with E-state index in [0.29, 0.717) is 11.4 Å². The Labute approximate surface area is 89.4 Å². The first kappa shape index (κ1) is 9.99. The van der Waals surface area contributed by atoms with Crippen LogP contribution in [0.25, 0.3) is 0 Å². The van der Waals surface area contributed by atoms with E-state index in [0.717, 1.165) is 25.8 Å². The van der Waals surface area contributed by atoms with Crippen LogP contribution in [0.2, 0.25) is 0 Å². The number of aromatic nitrogens is 2. The van der Waals surface area contributed by atoms with E-state index >= 15 is 0 Å². The van der Waals surface area contributed by atoms with Crippen molar-refractivity contribution in [3.63, 3.8) is 0 Å². The van der Waals surface area contributed by atoms with Crippen LogP contribution in [0.4, 0.5) is 0 Å². The fraction of sp³-hybridized carbons (Fsp3) is 0.700. The third-order valence-corrected chi connectivity index (χ3v) is 3.17. The smallest absolute Gasteiger partial charge is 0.0492 e. The molecule has 14 heavy (non-hydrogen) atoms. The Morgan fingerprint density at radius 1 is 1.64 bits per heavy atom. The second-order valence-electron chi connectivity index (χ2n) is 3.92. The molecule has 0 saturated heterocycles. The zero-order valence-corrected chi connectivity index (χ0v) is 9.17. The van der Waals surface area contributed by atoms with Crippen LogP contribution >= 0.6 is 11.6 Å². The summed E-state index contributed by atoms with van der Waals surface area (Å²) in [4.78, 5) is 0. The van der Waals surface area contributed by atoms with Crippen molar-refractivity contribution in [1.29, 1.82) is 0 Å². The molecule has 78 valence electrons. The van der Waals surface area contributed by atoms with E-state index in [2.05, 4.69) is 16.5 Å². The van der Waals surface area contributed by atoms with E-state index in [1.54, 1.807) is 0 Å². The third kappa shape index (κ3) is 2.28. The van der Waals surface area contributed by atoms with Crippen LogP contribution < -0.4 is 5.32 Å². The highest BCUT2D eigenvalue weighted by Gasteiger charge is 2.26. The molecule has 0 radical (unpaired) electrons. The minimum Gasteiger partial charge on any atom is -0.313 e. The van der Waals surface area contributed by atoms with Crippen LogP contribution in [-0.4, -0.2) is 27.7 Å². The Balaban J connectivity index is 1.66. The zero-order chi connectivity index (χ0) is 9.97. The molecule has 1 aromatic rings. The van der Waals surface area contributed by atoms with Crippen LogP contribution in [0.1, 0.15) is 18.5 Å². The second-order valence-corrected chi connectivity index (χ2v) is 4.53. The van der Waals surface area contributed by atoms with Crippen molar-refractivity contribution in [2.75, 3.05) is 6.54 Å². The maximum Gasteiger partial charge on any atom is 0.0492 e. The SMILES string of the molecule is Cn1nccc1CCNC1CC(Cl)C1. The Kier molecular flexibility index (Phi) is 3.08. The lowest BCUT2D eigenvalue weighted by molar-refractivity contribution is 0.348. The second kappa shape index (κ2) is 4.32. The molecule has 0 spiro atoms. The van der Waals surface area contributed by atoms with Gasteiger partial charge in [-0.3, -0.25) is 4.68 Å². The lowest BCUT2D eigenvalue weighted by Gasteiger charge is -2.31. The number of nitrogens with one attached hydrogen (secondary N) is 1. The van der Waals surface area contributed by atoms with E-state index in [-0.39, 0.29) is 0 Å². The van der Waals surface area contributed by atoms with E-state index in [9.17, 15) is 0 Å². The number of halogens is 1. The van der Waals surface area contributed by atoms with Gasteiger partial charge in [-0.05, 0) is 18.9 Å². The van der Waals surface area contributed by atoms with E-state index in [1.165, 1.54) is 5.69 Å². The van der Waals surface area contributed by atoms with Crippen LogP contribution in [0.5, 0.6) is 0 Å². The van der Waals surface area contributed by atoms with Crippen molar-refractivity contribution >= 4 is 11.6 Å². The molecule has 1 N–H and O–H groups in total. The average Bonchev–Trinajstić information content (AvgIpc) is 2.49. The molecule has 1 heterocycles. The fourth-order valence-corrected chi connectivity index (χ4v) is 2.20. The maximum absolute atomic E-state index is 5.89. The molecule has 3 nitrogen and oxygen atoms in total. The van der Waals surface area contributed by atoms with Gasteiger partial charge in [-0.25, -0.2) is 0 Å². The van der Waals surface area contributed by atoms with Crippen LogP contribution in [0.15, 0.2) is 12.3 Å². The largest absolute Gasteiger partial charge is 0.313 e. The van der Waals surface area contributed by atoms with E-state index in [1.807, 2.05) is 17.9 Å². The first-order chi connectivity index (χ1) is 6.75. The molecule has 1 aliphatic carbocycles. The van der Waals surface area contributed by atoms with Gasteiger partial charge in [0.1, 0.15) is 0 Å². The van der Waals surface area contributed by atoms with Crippen molar-refractivity contribution in [2.45, 2.75) is 30.7 Å². The molecule has 2 rings (SSSR count). The normalized spacial score (nSPS) is 26.1. The molecule has 1 saturated carbocycles.